The third-order valence-electron chi connectivity index (χ3n) is 6.29. The van der Waals surface area contributed by atoms with Crippen molar-refractivity contribution >= 4 is 17.8 Å². The first-order valence-corrected chi connectivity index (χ1v) is 11.4. The third-order valence-corrected chi connectivity index (χ3v) is 6.29. The SMILES string of the molecule is CN=C(NCc1cccc(CN2CCCC2=O)c1)N1CCN(C(=O)C2CCCO2)CC1. The maximum Gasteiger partial charge on any atom is 0.251 e. The zero-order valence-corrected chi connectivity index (χ0v) is 18.4. The number of benzene rings is 1. The topological polar surface area (TPSA) is 77.5 Å². The minimum Gasteiger partial charge on any atom is -0.368 e. The Morgan fingerprint density at radius 2 is 1.90 bits per heavy atom. The van der Waals surface area contributed by atoms with Gasteiger partial charge in [-0.15, -0.1) is 0 Å². The van der Waals surface area contributed by atoms with E-state index in [-0.39, 0.29) is 17.9 Å². The number of likely N-dealkylation sites (tertiary alicyclic amines) is 1. The van der Waals surface area contributed by atoms with Crippen LogP contribution in [0.3, 0.4) is 0 Å². The van der Waals surface area contributed by atoms with Gasteiger partial charge in [-0.2, -0.15) is 0 Å². The number of aliphatic imine (C=N–C) groups is 1. The molecule has 3 saturated heterocycles. The van der Waals surface area contributed by atoms with E-state index in [2.05, 4.69) is 33.4 Å². The van der Waals surface area contributed by atoms with Gasteiger partial charge in [-0.25, -0.2) is 0 Å². The fourth-order valence-electron chi connectivity index (χ4n) is 4.56. The summed E-state index contributed by atoms with van der Waals surface area (Å²) in [5, 5.41) is 3.45. The van der Waals surface area contributed by atoms with Crippen molar-refractivity contribution in [3.8, 4) is 0 Å². The first-order valence-electron chi connectivity index (χ1n) is 11.4. The van der Waals surface area contributed by atoms with Gasteiger partial charge in [-0.3, -0.25) is 14.6 Å². The predicted octanol–water partition coefficient (Wildman–Crippen LogP) is 1.21. The first-order chi connectivity index (χ1) is 15.1. The average Bonchev–Trinajstić information content (AvgIpc) is 3.47. The molecule has 8 nitrogen and oxygen atoms in total. The van der Waals surface area contributed by atoms with Crippen molar-refractivity contribution in [1.29, 1.82) is 0 Å². The van der Waals surface area contributed by atoms with E-state index in [1.807, 2.05) is 15.9 Å². The summed E-state index contributed by atoms with van der Waals surface area (Å²) in [6.45, 7) is 5.81. The number of guanidine groups is 1. The Kier molecular flexibility index (Phi) is 7.06. The van der Waals surface area contributed by atoms with Crippen LogP contribution in [0.1, 0.15) is 36.8 Å². The lowest BCUT2D eigenvalue weighted by atomic mass is 10.1. The van der Waals surface area contributed by atoms with Crippen LogP contribution in [0.15, 0.2) is 29.3 Å². The van der Waals surface area contributed by atoms with Crippen LogP contribution in [0.4, 0.5) is 0 Å². The maximum atomic E-state index is 12.5. The number of carbonyl (C=O) groups is 2. The second kappa shape index (κ2) is 10.1. The second-order valence-corrected chi connectivity index (χ2v) is 8.45. The zero-order valence-electron chi connectivity index (χ0n) is 18.4. The Balaban J connectivity index is 1.26. The van der Waals surface area contributed by atoms with Gasteiger partial charge in [0.25, 0.3) is 5.91 Å². The summed E-state index contributed by atoms with van der Waals surface area (Å²) < 4.78 is 5.55. The summed E-state index contributed by atoms with van der Waals surface area (Å²) in [7, 11) is 1.79. The molecule has 2 amide bonds. The number of nitrogens with one attached hydrogen (secondary N) is 1. The number of hydrogen-bond donors (Lipinski definition) is 1. The lowest BCUT2D eigenvalue weighted by Crippen LogP contribution is -2.55. The van der Waals surface area contributed by atoms with Crippen LogP contribution in [0.5, 0.6) is 0 Å². The summed E-state index contributed by atoms with van der Waals surface area (Å²) in [6, 6.07) is 8.37. The molecular formula is C23H33N5O3. The summed E-state index contributed by atoms with van der Waals surface area (Å²) >= 11 is 0. The molecular weight excluding hydrogens is 394 g/mol. The maximum absolute atomic E-state index is 12.5. The molecule has 0 radical (unpaired) electrons. The van der Waals surface area contributed by atoms with Crippen LogP contribution < -0.4 is 5.32 Å². The van der Waals surface area contributed by atoms with Crippen LogP contribution in [0.2, 0.25) is 0 Å². The minimum atomic E-state index is -0.243. The van der Waals surface area contributed by atoms with Gasteiger partial charge in [0.05, 0.1) is 0 Å². The third kappa shape index (κ3) is 5.36. The molecule has 1 N–H and O–H groups in total. The average molecular weight is 428 g/mol. The Bertz CT molecular complexity index is 813. The van der Waals surface area contributed by atoms with Gasteiger partial charge >= 0.3 is 0 Å². The highest BCUT2D eigenvalue weighted by atomic mass is 16.5. The van der Waals surface area contributed by atoms with E-state index in [4.69, 9.17) is 4.74 Å². The van der Waals surface area contributed by atoms with Crippen molar-refractivity contribution in [2.45, 2.75) is 44.9 Å². The molecule has 0 aromatic heterocycles. The fourth-order valence-corrected chi connectivity index (χ4v) is 4.56. The van der Waals surface area contributed by atoms with E-state index in [9.17, 15) is 9.59 Å². The van der Waals surface area contributed by atoms with Gasteiger partial charge in [0.2, 0.25) is 5.91 Å². The highest BCUT2D eigenvalue weighted by Crippen LogP contribution is 2.17. The van der Waals surface area contributed by atoms with Gasteiger partial charge in [0, 0.05) is 65.9 Å². The molecule has 3 aliphatic rings. The molecule has 168 valence electrons. The summed E-state index contributed by atoms with van der Waals surface area (Å²) in [5.41, 5.74) is 2.32. The summed E-state index contributed by atoms with van der Waals surface area (Å²) in [6.07, 6.45) is 3.20. The highest BCUT2D eigenvalue weighted by Gasteiger charge is 2.30. The number of rotatable bonds is 5. The van der Waals surface area contributed by atoms with Crippen molar-refractivity contribution in [3.63, 3.8) is 0 Å². The summed E-state index contributed by atoms with van der Waals surface area (Å²) in [4.78, 5) is 34.9. The standard InChI is InChI=1S/C23H33N5O3/c1-24-23(27-12-10-26(11-13-27)22(30)20-7-4-14-31-20)25-16-18-5-2-6-19(15-18)17-28-9-3-8-21(28)29/h2,5-6,15,20H,3-4,7-14,16-17H2,1H3,(H,24,25). The molecule has 1 unspecified atom stereocenters. The molecule has 4 rings (SSSR count). The van der Waals surface area contributed by atoms with Crippen LogP contribution in [-0.2, 0) is 27.4 Å². The molecule has 3 aliphatic heterocycles. The minimum absolute atomic E-state index is 0.133. The quantitative estimate of drug-likeness (QED) is 0.565. The van der Waals surface area contributed by atoms with Gasteiger partial charge in [-0.05, 0) is 30.4 Å². The predicted molar refractivity (Wildman–Crippen MR) is 118 cm³/mol. The van der Waals surface area contributed by atoms with Crippen LogP contribution >= 0.6 is 0 Å². The van der Waals surface area contributed by atoms with Crippen LogP contribution in [0, 0.1) is 0 Å². The van der Waals surface area contributed by atoms with E-state index in [1.165, 1.54) is 0 Å². The monoisotopic (exact) mass is 427 g/mol. The smallest absolute Gasteiger partial charge is 0.251 e. The van der Waals surface area contributed by atoms with E-state index < -0.39 is 0 Å². The molecule has 3 fully saturated rings. The molecule has 0 spiro atoms. The molecule has 3 heterocycles. The molecule has 8 heteroatoms. The van der Waals surface area contributed by atoms with Gasteiger partial charge in [0.15, 0.2) is 5.96 Å². The Morgan fingerprint density at radius 3 is 2.58 bits per heavy atom. The molecule has 0 saturated carbocycles. The fraction of sp³-hybridized carbons (Fsp3) is 0.609. The molecule has 0 aliphatic carbocycles. The van der Waals surface area contributed by atoms with Crippen LogP contribution in [-0.4, -0.2) is 85.0 Å². The number of amides is 2. The number of ether oxygens (including phenoxy) is 1. The lowest BCUT2D eigenvalue weighted by Gasteiger charge is -2.37. The Hall–Kier alpha value is -2.61. The summed E-state index contributed by atoms with van der Waals surface area (Å²) in [5.74, 6) is 1.23. The lowest BCUT2D eigenvalue weighted by molar-refractivity contribution is -0.142. The zero-order chi connectivity index (χ0) is 21.6. The first kappa shape index (κ1) is 21.6. The van der Waals surface area contributed by atoms with Crippen molar-refractivity contribution in [2.24, 2.45) is 4.99 Å². The van der Waals surface area contributed by atoms with Crippen molar-refractivity contribution < 1.29 is 14.3 Å². The van der Waals surface area contributed by atoms with Crippen molar-refractivity contribution in [1.82, 2.24) is 20.0 Å². The Labute approximate surface area is 184 Å². The molecule has 1 aromatic carbocycles. The molecule has 0 bridgehead atoms. The Morgan fingerprint density at radius 1 is 1.13 bits per heavy atom. The highest BCUT2D eigenvalue weighted by molar-refractivity contribution is 5.83. The van der Waals surface area contributed by atoms with Gasteiger partial charge in [0.1, 0.15) is 6.10 Å². The van der Waals surface area contributed by atoms with Crippen LogP contribution in [0.25, 0.3) is 0 Å². The van der Waals surface area contributed by atoms with Crippen molar-refractivity contribution in [3.05, 3.63) is 35.4 Å². The van der Waals surface area contributed by atoms with Gasteiger partial charge in [-0.1, -0.05) is 24.3 Å². The second-order valence-electron chi connectivity index (χ2n) is 8.45. The van der Waals surface area contributed by atoms with E-state index in [1.54, 1.807) is 7.05 Å². The largest absolute Gasteiger partial charge is 0.368 e. The molecule has 31 heavy (non-hydrogen) atoms. The molecule has 1 atom stereocenters. The van der Waals surface area contributed by atoms with E-state index in [0.29, 0.717) is 39.2 Å². The van der Waals surface area contributed by atoms with E-state index >= 15 is 0 Å². The number of piperazine rings is 1. The van der Waals surface area contributed by atoms with E-state index in [0.717, 1.165) is 56.0 Å². The number of nitrogens with zero attached hydrogens (tertiary/aromatic N) is 4. The number of carbonyl (C=O) groups excluding carboxylic acids is 2. The number of hydrogen-bond acceptors (Lipinski definition) is 4. The van der Waals surface area contributed by atoms with Crippen molar-refractivity contribution in [2.75, 3.05) is 46.4 Å². The van der Waals surface area contributed by atoms with Gasteiger partial charge < -0.3 is 24.8 Å². The normalized spacial score (nSPS) is 22.4. The molecule has 1 aromatic rings.